The van der Waals surface area contributed by atoms with Gasteiger partial charge in [0.15, 0.2) is 16.2 Å². The summed E-state index contributed by atoms with van der Waals surface area (Å²) >= 11 is 3.18. The van der Waals surface area contributed by atoms with E-state index >= 15 is 0 Å². The molecule has 0 bridgehead atoms. The molecule has 0 saturated carbocycles. The van der Waals surface area contributed by atoms with E-state index in [1.54, 1.807) is 6.92 Å². The molecule has 1 heterocycles. The molecule has 2 rings (SSSR count). The molecule has 3 nitrogen and oxygen atoms in total. The van der Waals surface area contributed by atoms with Gasteiger partial charge in [-0.25, -0.2) is 13.5 Å². The van der Waals surface area contributed by atoms with Crippen LogP contribution in [0.4, 0.5) is 8.78 Å². The average Bonchev–Trinajstić information content (AvgIpc) is 2.53. The van der Waals surface area contributed by atoms with Crippen LogP contribution in [-0.2, 0) is 0 Å². The molecule has 0 aliphatic rings. The number of halogens is 3. The van der Waals surface area contributed by atoms with Gasteiger partial charge < -0.3 is 0 Å². The number of aromatic nitrogens is 3. The smallest absolute Gasteiger partial charge is 0.160 e. The predicted molar refractivity (Wildman–Crippen MR) is 53.7 cm³/mol. The van der Waals surface area contributed by atoms with Crippen LogP contribution in [0, 0.1) is 18.6 Å². The van der Waals surface area contributed by atoms with E-state index < -0.39 is 11.6 Å². The molecule has 15 heavy (non-hydrogen) atoms. The van der Waals surface area contributed by atoms with Gasteiger partial charge in [0.05, 0.1) is 11.4 Å². The lowest BCUT2D eigenvalue weighted by Crippen LogP contribution is -2.00. The van der Waals surface area contributed by atoms with Crippen LogP contribution >= 0.6 is 15.9 Å². The maximum atomic E-state index is 13.0. The minimum Gasteiger partial charge on any atom is -0.217 e. The molecule has 0 saturated heterocycles. The zero-order valence-corrected chi connectivity index (χ0v) is 9.29. The van der Waals surface area contributed by atoms with E-state index in [9.17, 15) is 8.78 Å². The van der Waals surface area contributed by atoms with Gasteiger partial charge in [-0.05, 0) is 35.0 Å². The van der Waals surface area contributed by atoms with Gasteiger partial charge in [0, 0.05) is 6.07 Å². The number of hydrogen-bond donors (Lipinski definition) is 0. The van der Waals surface area contributed by atoms with Crippen molar-refractivity contribution in [3.8, 4) is 5.69 Å². The summed E-state index contributed by atoms with van der Waals surface area (Å²) in [4.78, 5) is 0. The van der Waals surface area contributed by atoms with E-state index in [2.05, 4.69) is 26.2 Å². The van der Waals surface area contributed by atoms with Crippen LogP contribution in [0.2, 0.25) is 0 Å². The third kappa shape index (κ3) is 1.77. The molecule has 0 atom stereocenters. The van der Waals surface area contributed by atoms with Crippen LogP contribution in [0.1, 0.15) is 5.69 Å². The quantitative estimate of drug-likeness (QED) is 0.800. The lowest BCUT2D eigenvalue weighted by Gasteiger charge is -2.02. The molecule has 0 aliphatic heterocycles. The van der Waals surface area contributed by atoms with Crippen molar-refractivity contribution in [2.45, 2.75) is 6.92 Å². The summed E-state index contributed by atoms with van der Waals surface area (Å²) in [5.74, 6) is -1.78. The number of benzene rings is 1. The molecule has 1 aromatic heterocycles. The largest absolute Gasteiger partial charge is 0.217 e. The van der Waals surface area contributed by atoms with E-state index in [1.165, 1.54) is 10.7 Å². The van der Waals surface area contributed by atoms with E-state index in [0.717, 1.165) is 17.8 Å². The topological polar surface area (TPSA) is 30.7 Å². The normalized spacial score (nSPS) is 10.7. The highest BCUT2D eigenvalue weighted by molar-refractivity contribution is 9.10. The van der Waals surface area contributed by atoms with Crippen molar-refractivity contribution in [2.24, 2.45) is 0 Å². The monoisotopic (exact) mass is 273 g/mol. The van der Waals surface area contributed by atoms with Crippen molar-refractivity contribution in [3.63, 3.8) is 0 Å². The van der Waals surface area contributed by atoms with Crippen molar-refractivity contribution >= 4 is 15.9 Å². The van der Waals surface area contributed by atoms with Crippen LogP contribution < -0.4 is 0 Å². The van der Waals surface area contributed by atoms with E-state index in [0.29, 0.717) is 10.3 Å². The van der Waals surface area contributed by atoms with Crippen LogP contribution in [0.15, 0.2) is 22.8 Å². The van der Waals surface area contributed by atoms with E-state index in [1.807, 2.05) is 0 Å². The highest BCUT2D eigenvalue weighted by Gasteiger charge is 2.09. The summed E-state index contributed by atoms with van der Waals surface area (Å²) in [6.45, 7) is 1.77. The van der Waals surface area contributed by atoms with Gasteiger partial charge in [0.1, 0.15) is 0 Å². The molecule has 0 radical (unpaired) electrons. The van der Waals surface area contributed by atoms with Gasteiger partial charge in [-0.15, -0.1) is 5.10 Å². The van der Waals surface area contributed by atoms with Crippen LogP contribution in [-0.4, -0.2) is 15.0 Å². The summed E-state index contributed by atoms with van der Waals surface area (Å²) < 4.78 is 27.6. The fraction of sp³-hybridized carbons (Fsp3) is 0.111. The fourth-order valence-electron chi connectivity index (χ4n) is 1.17. The standard InChI is InChI=1S/C9H6BrF2N3/c1-5-9(10)13-14-15(5)6-2-3-7(11)8(12)4-6/h2-4H,1H3. The SMILES string of the molecule is Cc1c(Br)nnn1-c1ccc(F)c(F)c1. The molecule has 0 fully saturated rings. The highest BCUT2D eigenvalue weighted by atomic mass is 79.9. The van der Waals surface area contributed by atoms with Crippen LogP contribution in [0.3, 0.4) is 0 Å². The Morgan fingerprint density at radius 2 is 2.00 bits per heavy atom. The van der Waals surface area contributed by atoms with Crippen molar-refractivity contribution in [1.29, 1.82) is 0 Å². The molecule has 78 valence electrons. The number of rotatable bonds is 1. The number of hydrogen-bond acceptors (Lipinski definition) is 2. The second-order valence-electron chi connectivity index (χ2n) is 2.98. The molecule has 6 heteroatoms. The lowest BCUT2D eigenvalue weighted by molar-refractivity contribution is 0.507. The molecule has 0 amide bonds. The fourth-order valence-corrected chi connectivity index (χ4v) is 1.41. The van der Waals surface area contributed by atoms with Gasteiger partial charge in [-0.2, -0.15) is 0 Å². The van der Waals surface area contributed by atoms with E-state index in [4.69, 9.17) is 0 Å². The Hall–Kier alpha value is -1.30. The summed E-state index contributed by atoms with van der Waals surface area (Å²) in [6, 6.07) is 3.57. The highest BCUT2D eigenvalue weighted by Crippen LogP contribution is 2.17. The Bertz CT molecular complexity index is 510. The predicted octanol–water partition coefficient (Wildman–Crippen LogP) is 2.62. The second-order valence-corrected chi connectivity index (χ2v) is 3.73. The summed E-state index contributed by atoms with van der Waals surface area (Å²) in [7, 11) is 0. The molecular formula is C9H6BrF2N3. The molecule has 1 aromatic carbocycles. The Kier molecular flexibility index (Phi) is 2.52. The van der Waals surface area contributed by atoms with Crippen molar-refractivity contribution < 1.29 is 8.78 Å². The first-order valence-corrected chi connectivity index (χ1v) is 4.92. The Balaban J connectivity index is 2.55. The van der Waals surface area contributed by atoms with Crippen LogP contribution in [0.25, 0.3) is 5.69 Å². The molecular weight excluding hydrogens is 268 g/mol. The van der Waals surface area contributed by atoms with Gasteiger partial charge in [0.25, 0.3) is 0 Å². The maximum absolute atomic E-state index is 13.0. The van der Waals surface area contributed by atoms with Gasteiger partial charge in [0.2, 0.25) is 0 Å². The third-order valence-electron chi connectivity index (χ3n) is 1.99. The average molecular weight is 274 g/mol. The zero-order chi connectivity index (χ0) is 11.0. The molecule has 2 aromatic rings. The lowest BCUT2D eigenvalue weighted by atomic mass is 10.3. The Morgan fingerprint density at radius 3 is 2.53 bits per heavy atom. The molecule has 0 aliphatic carbocycles. The first kappa shape index (κ1) is 10.2. The van der Waals surface area contributed by atoms with E-state index in [-0.39, 0.29) is 0 Å². The van der Waals surface area contributed by atoms with Crippen molar-refractivity contribution in [1.82, 2.24) is 15.0 Å². The minimum absolute atomic E-state index is 0.435. The first-order valence-electron chi connectivity index (χ1n) is 4.13. The molecule has 0 unspecified atom stereocenters. The third-order valence-corrected chi connectivity index (χ3v) is 2.72. The van der Waals surface area contributed by atoms with Gasteiger partial charge in [-0.1, -0.05) is 5.21 Å². The van der Waals surface area contributed by atoms with Gasteiger partial charge >= 0.3 is 0 Å². The molecule has 0 N–H and O–H groups in total. The Morgan fingerprint density at radius 1 is 1.27 bits per heavy atom. The second kappa shape index (κ2) is 3.69. The summed E-state index contributed by atoms with van der Waals surface area (Å²) in [6.07, 6.45) is 0. The first-order chi connectivity index (χ1) is 7.09. The number of nitrogens with zero attached hydrogens (tertiary/aromatic N) is 3. The maximum Gasteiger partial charge on any atom is 0.160 e. The Labute approximate surface area is 92.8 Å². The minimum atomic E-state index is -0.904. The van der Waals surface area contributed by atoms with Gasteiger partial charge in [-0.3, -0.25) is 0 Å². The summed E-state index contributed by atoms with van der Waals surface area (Å²) in [5.41, 5.74) is 1.16. The zero-order valence-electron chi connectivity index (χ0n) is 7.71. The van der Waals surface area contributed by atoms with Crippen LogP contribution in [0.5, 0.6) is 0 Å². The van der Waals surface area contributed by atoms with Crippen molar-refractivity contribution in [2.75, 3.05) is 0 Å². The van der Waals surface area contributed by atoms with Crippen molar-refractivity contribution in [3.05, 3.63) is 40.1 Å². The molecule has 0 spiro atoms. The summed E-state index contributed by atoms with van der Waals surface area (Å²) in [5, 5.41) is 7.55.